The van der Waals surface area contributed by atoms with Crippen LogP contribution in [0.15, 0.2) is 0 Å². The zero-order valence-corrected chi connectivity index (χ0v) is 23.5. The van der Waals surface area contributed by atoms with Crippen molar-refractivity contribution in [2.24, 2.45) is 17.8 Å². The number of fused-ring (bicyclic) bond motifs is 1. The highest BCUT2D eigenvalue weighted by atomic mass is 16.5. The van der Waals surface area contributed by atoms with Crippen LogP contribution >= 0.6 is 0 Å². The second kappa shape index (κ2) is 13.5. The van der Waals surface area contributed by atoms with Gasteiger partial charge < -0.3 is 14.3 Å². The zero-order chi connectivity index (χ0) is 25.3. The van der Waals surface area contributed by atoms with Crippen molar-refractivity contribution in [2.75, 3.05) is 7.11 Å². The largest absolute Gasteiger partial charge is 0.496 e. The molecule has 3 atom stereocenters. The molecule has 0 saturated heterocycles. The fraction of sp³-hybridized carbons (Fsp3) is 0.774. The Morgan fingerprint density at radius 2 is 1.47 bits per heavy atom. The van der Waals surface area contributed by atoms with Crippen molar-refractivity contribution in [3.05, 3.63) is 22.3 Å². The zero-order valence-electron chi connectivity index (χ0n) is 23.5. The first-order chi connectivity index (χ1) is 16.1. The fourth-order valence-corrected chi connectivity index (χ4v) is 5.85. The highest BCUT2D eigenvalue weighted by molar-refractivity contribution is 5.60. The number of carbonyl (C=O) groups is 1. The van der Waals surface area contributed by atoms with Crippen molar-refractivity contribution in [3.8, 4) is 11.5 Å². The topological polar surface area (TPSA) is 35.5 Å². The van der Waals surface area contributed by atoms with Gasteiger partial charge in [-0.3, -0.25) is 0 Å². The number of rotatable bonds is 15. The highest BCUT2D eigenvalue weighted by Crippen LogP contribution is 2.45. The number of hydrogen-bond acceptors (Lipinski definition) is 3. The standard InChI is InChI=1S/C31H52O3/c1-22(2)12-9-13-23(3)14-10-15-24(4)16-11-18-31(20-21-32)19-17-28-27(7)29(33-8)25(5)26(6)30(28)34-31/h21-24H,9-20H2,1-8H3/t23-,24-,31+/m1/s1. The Hall–Kier alpha value is -1.51. The molecule has 1 aliphatic heterocycles. The third kappa shape index (κ3) is 7.75. The summed E-state index contributed by atoms with van der Waals surface area (Å²) in [6.45, 7) is 15.8. The Bertz CT molecular complexity index is 782. The minimum atomic E-state index is -0.350. The van der Waals surface area contributed by atoms with E-state index < -0.39 is 0 Å². The van der Waals surface area contributed by atoms with Crippen LogP contribution < -0.4 is 9.47 Å². The molecular formula is C31H52O3. The first-order valence-corrected chi connectivity index (χ1v) is 13.9. The van der Waals surface area contributed by atoms with E-state index in [4.69, 9.17) is 9.47 Å². The maximum Gasteiger partial charge on any atom is 0.127 e. The lowest BCUT2D eigenvalue weighted by atomic mass is 9.81. The molecule has 0 N–H and O–H groups in total. The lowest BCUT2D eigenvalue weighted by Crippen LogP contribution is -2.40. The normalized spacial score (nSPS) is 19.4. The smallest absolute Gasteiger partial charge is 0.127 e. The number of ether oxygens (including phenoxy) is 2. The van der Waals surface area contributed by atoms with E-state index in [0.717, 1.165) is 72.3 Å². The second-order valence-electron chi connectivity index (χ2n) is 11.7. The summed E-state index contributed by atoms with van der Waals surface area (Å²) < 4.78 is 12.4. The molecule has 0 spiro atoms. The average Bonchev–Trinajstić information content (AvgIpc) is 2.78. The molecule has 3 nitrogen and oxygen atoms in total. The fourth-order valence-electron chi connectivity index (χ4n) is 5.85. The molecule has 34 heavy (non-hydrogen) atoms. The van der Waals surface area contributed by atoms with Gasteiger partial charge in [0.25, 0.3) is 0 Å². The third-order valence-corrected chi connectivity index (χ3v) is 8.32. The van der Waals surface area contributed by atoms with Crippen molar-refractivity contribution in [3.63, 3.8) is 0 Å². The molecule has 0 aromatic heterocycles. The van der Waals surface area contributed by atoms with Crippen LogP contribution in [0.2, 0.25) is 0 Å². The van der Waals surface area contributed by atoms with Gasteiger partial charge in [-0.25, -0.2) is 0 Å². The number of carbonyl (C=O) groups excluding carboxylic acids is 1. The van der Waals surface area contributed by atoms with E-state index in [-0.39, 0.29) is 5.60 Å². The van der Waals surface area contributed by atoms with E-state index in [2.05, 4.69) is 48.5 Å². The van der Waals surface area contributed by atoms with Crippen molar-refractivity contribution in [1.82, 2.24) is 0 Å². The molecule has 3 heteroatoms. The minimum absolute atomic E-state index is 0.350. The Labute approximate surface area is 210 Å². The molecule has 0 aliphatic carbocycles. The van der Waals surface area contributed by atoms with Crippen LogP contribution in [-0.2, 0) is 11.2 Å². The van der Waals surface area contributed by atoms with Gasteiger partial charge in [0.1, 0.15) is 23.4 Å². The van der Waals surface area contributed by atoms with Gasteiger partial charge in [0.05, 0.1) is 7.11 Å². The van der Waals surface area contributed by atoms with E-state index >= 15 is 0 Å². The summed E-state index contributed by atoms with van der Waals surface area (Å²) in [6.07, 6.45) is 14.9. The molecule has 194 valence electrons. The molecule has 0 amide bonds. The highest BCUT2D eigenvalue weighted by Gasteiger charge is 2.38. The Balaban J connectivity index is 1.88. The van der Waals surface area contributed by atoms with Crippen LogP contribution in [0.1, 0.15) is 121 Å². The molecule has 0 unspecified atom stereocenters. The summed E-state index contributed by atoms with van der Waals surface area (Å²) in [6, 6.07) is 0. The van der Waals surface area contributed by atoms with Crippen LogP contribution in [0, 0.1) is 38.5 Å². The molecule has 0 saturated carbocycles. The number of hydrogen-bond donors (Lipinski definition) is 0. The van der Waals surface area contributed by atoms with Gasteiger partial charge in [-0.05, 0) is 80.9 Å². The molecule has 1 aromatic carbocycles. The van der Waals surface area contributed by atoms with Crippen molar-refractivity contribution in [1.29, 1.82) is 0 Å². The Morgan fingerprint density at radius 3 is 2.03 bits per heavy atom. The summed E-state index contributed by atoms with van der Waals surface area (Å²) >= 11 is 0. The van der Waals surface area contributed by atoms with Gasteiger partial charge in [-0.1, -0.05) is 72.6 Å². The van der Waals surface area contributed by atoms with Crippen LogP contribution in [0.3, 0.4) is 0 Å². The predicted molar refractivity (Wildman–Crippen MR) is 144 cm³/mol. The van der Waals surface area contributed by atoms with Crippen LogP contribution in [0.5, 0.6) is 11.5 Å². The van der Waals surface area contributed by atoms with Gasteiger partial charge in [0, 0.05) is 12.0 Å². The van der Waals surface area contributed by atoms with Crippen molar-refractivity contribution in [2.45, 2.75) is 131 Å². The van der Waals surface area contributed by atoms with Crippen LogP contribution in [0.25, 0.3) is 0 Å². The number of aldehydes is 1. The van der Waals surface area contributed by atoms with Crippen molar-refractivity contribution >= 4 is 6.29 Å². The lowest BCUT2D eigenvalue weighted by Gasteiger charge is -2.40. The SMILES string of the molecule is COc1c(C)c(C)c2c(c1C)CC[C@](CC=O)(CCC[C@H](C)CCC[C@H](C)CCCC(C)C)O2. The number of benzene rings is 1. The molecule has 0 bridgehead atoms. The maximum absolute atomic E-state index is 11.6. The number of methoxy groups -OCH3 is 1. The lowest BCUT2D eigenvalue weighted by molar-refractivity contribution is -0.112. The second-order valence-corrected chi connectivity index (χ2v) is 11.7. The van der Waals surface area contributed by atoms with Gasteiger partial charge >= 0.3 is 0 Å². The Kier molecular flexibility index (Phi) is 11.4. The van der Waals surface area contributed by atoms with Gasteiger partial charge in [0.15, 0.2) is 0 Å². The van der Waals surface area contributed by atoms with Gasteiger partial charge in [-0.15, -0.1) is 0 Å². The van der Waals surface area contributed by atoms with Gasteiger partial charge in [0.2, 0.25) is 0 Å². The van der Waals surface area contributed by atoms with Crippen molar-refractivity contribution < 1.29 is 14.3 Å². The summed E-state index contributed by atoms with van der Waals surface area (Å²) in [7, 11) is 1.75. The molecular weight excluding hydrogens is 420 g/mol. The van der Waals surface area contributed by atoms with Crippen LogP contribution in [-0.4, -0.2) is 19.0 Å². The predicted octanol–water partition coefficient (Wildman–Crippen LogP) is 8.71. The van der Waals surface area contributed by atoms with E-state index in [0.29, 0.717) is 6.42 Å². The molecule has 1 aromatic rings. The quantitative estimate of drug-likeness (QED) is 0.239. The third-order valence-electron chi connectivity index (χ3n) is 8.32. The summed E-state index contributed by atoms with van der Waals surface area (Å²) in [5.41, 5.74) is 4.40. The van der Waals surface area contributed by atoms with Crippen LogP contribution in [0.4, 0.5) is 0 Å². The molecule has 1 aliphatic rings. The first-order valence-electron chi connectivity index (χ1n) is 13.9. The summed E-state index contributed by atoms with van der Waals surface area (Å²) in [5.74, 6) is 4.40. The monoisotopic (exact) mass is 472 g/mol. The maximum atomic E-state index is 11.6. The average molecular weight is 473 g/mol. The summed E-state index contributed by atoms with van der Waals surface area (Å²) in [4.78, 5) is 11.6. The minimum Gasteiger partial charge on any atom is -0.496 e. The van der Waals surface area contributed by atoms with E-state index in [1.807, 2.05) is 0 Å². The summed E-state index contributed by atoms with van der Waals surface area (Å²) in [5, 5.41) is 0. The van der Waals surface area contributed by atoms with E-state index in [1.165, 1.54) is 56.1 Å². The van der Waals surface area contributed by atoms with E-state index in [9.17, 15) is 4.79 Å². The van der Waals surface area contributed by atoms with E-state index in [1.54, 1.807) is 7.11 Å². The Morgan fingerprint density at radius 1 is 0.882 bits per heavy atom. The molecule has 0 radical (unpaired) electrons. The van der Waals surface area contributed by atoms with Gasteiger partial charge in [-0.2, -0.15) is 0 Å². The first kappa shape index (κ1) is 28.7. The molecule has 1 heterocycles. The molecule has 0 fully saturated rings. The molecule has 2 rings (SSSR count).